The number of benzene rings is 3. The molecule has 0 aliphatic rings. The first-order valence-corrected chi connectivity index (χ1v) is 11.7. The first-order valence-electron chi connectivity index (χ1n) is 9.85. The fourth-order valence-corrected chi connectivity index (χ4v) is 4.13. The molecule has 0 saturated carbocycles. The van der Waals surface area contributed by atoms with Crippen LogP contribution >= 0.6 is 12.2 Å². The maximum Gasteiger partial charge on any atom is 0.257 e. The Bertz CT molecular complexity index is 1150. The van der Waals surface area contributed by atoms with Crippen LogP contribution < -0.4 is 25.0 Å². The number of ether oxygens (including phenoxy) is 2. The van der Waals surface area contributed by atoms with Crippen molar-refractivity contribution in [2.75, 3.05) is 20.8 Å². The molecule has 0 aromatic heterocycles. The number of hydrogen-bond acceptors (Lipinski definition) is 5. The lowest BCUT2D eigenvalue weighted by atomic mass is 10.1. The van der Waals surface area contributed by atoms with Crippen LogP contribution in [0.1, 0.15) is 5.56 Å². The second-order valence-corrected chi connectivity index (χ2v) is 8.90. The fraction of sp³-hybridized carbons (Fsp3) is 0.174. The molecule has 0 heterocycles. The number of hydrogen-bond donors (Lipinski definition) is 3. The summed E-state index contributed by atoms with van der Waals surface area (Å²) in [5.41, 5.74) is 5.42. The molecule has 3 aromatic carbocycles. The molecule has 0 bridgehead atoms. The maximum absolute atomic E-state index is 12.5. The Morgan fingerprint density at radius 3 is 2.25 bits per heavy atom. The highest BCUT2D eigenvalue weighted by molar-refractivity contribution is 7.89. The zero-order chi connectivity index (χ0) is 23.0. The summed E-state index contributed by atoms with van der Waals surface area (Å²) in [6.45, 7) is 0.475. The average Bonchev–Trinajstić information content (AvgIpc) is 2.83. The summed E-state index contributed by atoms with van der Waals surface area (Å²) in [6.07, 6.45) is 0.607. The van der Waals surface area contributed by atoms with E-state index in [2.05, 4.69) is 15.6 Å². The number of nitrogens with one attached hydrogen (secondary N) is 3. The zero-order valence-electron chi connectivity index (χ0n) is 17.8. The van der Waals surface area contributed by atoms with Gasteiger partial charge in [0.15, 0.2) is 5.11 Å². The highest BCUT2D eigenvalue weighted by Gasteiger charge is 2.14. The van der Waals surface area contributed by atoms with E-state index in [9.17, 15) is 8.42 Å². The van der Waals surface area contributed by atoms with Crippen molar-refractivity contribution in [3.05, 3.63) is 78.4 Å². The summed E-state index contributed by atoms with van der Waals surface area (Å²) >= 11 is 5.18. The summed E-state index contributed by atoms with van der Waals surface area (Å²) in [7, 11) is -0.572. The largest absolute Gasteiger partial charge is 0.497 e. The summed E-state index contributed by atoms with van der Waals surface area (Å²) < 4.78 is 35.7. The van der Waals surface area contributed by atoms with Crippen LogP contribution in [0.5, 0.6) is 11.5 Å². The molecule has 0 fully saturated rings. The Morgan fingerprint density at radius 1 is 0.906 bits per heavy atom. The van der Waals surface area contributed by atoms with Gasteiger partial charge in [0.2, 0.25) is 0 Å². The Balaban J connectivity index is 1.52. The number of thiocarbonyl (C=S) groups is 1. The van der Waals surface area contributed by atoms with Crippen LogP contribution in [0, 0.1) is 0 Å². The maximum atomic E-state index is 12.5. The lowest BCUT2D eigenvalue weighted by molar-refractivity contribution is 0.398. The molecule has 168 valence electrons. The molecular formula is C23H25N3O4S2. The number of sulfonamides is 1. The van der Waals surface area contributed by atoms with Gasteiger partial charge in [0.05, 0.1) is 19.1 Å². The van der Waals surface area contributed by atoms with Gasteiger partial charge >= 0.3 is 0 Å². The number of rotatable bonds is 9. The molecule has 0 radical (unpaired) electrons. The van der Waals surface area contributed by atoms with Gasteiger partial charge in [-0.1, -0.05) is 42.5 Å². The van der Waals surface area contributed by atoms with Crippen LogP contribution in [0.2, 0.25) is 0 Å². The van der Waals surface area contributed by atoms with Crippen LogP contribution in [0.3, 0.4) is 0 Å². The Hall–Kier alpha value is -3.14. The van der Waals surface area contributed by atoms with Crippen molar-refractivity contribution in [3.8, 4) is 22.6 Å². The molecule has 0 amide bonds. The molecule has 7 nitrogen and oxygen atoms in total. The molecule has 0 atom stereocenters. The van der Waals surface area contributed by atoms with E-state index in [0.717, 1.165) is 28.2 Å². The predicted octanol–water partition coefficient (Wildman–Crippen LogP) is 3.27. The van der Waals surface area contributed by atoms with E-state index < -0.39 is 10.0 Å². The highest BCUT2D eigenvalue weighted by atomic mass is 32.2. The highest BCUT2D eigenvalue weighted by Crippen LogP contribution is 2.24. The lowest BCUT2D eigenvalue weighted by Crippen LogP contribution is -2.47. The van der Waals surface area contributed by atoms with Gasteiger partial charge in [0.1, 0.15) is 11.5 Å². The SMILES string of the molecule is COc1ccc(OC)c(CCNC(=S)NNS(=O)(=O)c2ccc(-c3ccccc3)cc2)c1. The molecule has 9 heteroatoms. The smallest absolute Gasteiger partial charge is 0.257 e. The van der Waals surface area contributed by atoms with Gasteiger partial charge in [-0.05, 0) is 65.7 Å². The van der Waals surface area contributed by atoms with E-state index in [-0.39, 0.29) is 10.0 Å². The second-order valence-electron chi connectivity index (χ2n) is 6.80. The monoisotopic (exact) mass is 471 g/mol. The lowest BCUT2D eigenvalue weighted by Gasteiger charge is -2.14. The molecule has 32 heavy (non-hydrogen) atoms. The number of hydrazine groups is 1. The molecular weight excluding hydrogens is 446 g/mol. The summed E-state index contributed by atoms with van der Waals surface area (Å²) in [4.78, 5) is 2.43. The van der Waals surface area contributed by atoms with Gasteiger partial charge in [-0.25, -0.2) is 8.42 Å². The molecule has 3 aromatic rings. The van der Waals surface area contributed by atoms with Gasteiger partial charge in [0, 0.05) is 6.54 Å². The van der Waals surface area contributed by atoms with Crippen LogP contribution in [0.25, 0.3) is 11.1 Å². The predicted molar refractivity (Wildman–Crippen MR) is 129 cm³/mol. The summed E-state index contributed by atoms with van der Waals surface area (Å²) in [6, 6.07) is 21.9. The molecule has 0 unspecified atom stereocenters. The first kappa shape index (κ1) is 23.5. The first-order chi connectivity index (χ1) is 15.4. The van der Waals surface area contributed by atoms with Gasteiger partial charge in [-0.3, -0.25) is 5.43 Å². The Morgan fingerprint density at radius 2 is 1.59 bits per heavy atom. The Kier molecular flexibility index (Phi) is 8.04. The van der Waals surface area contributed by atoms with Gasteiger partial charge < -0.3 is 14.8 Å². The zero-order valence-corrected chi connectivity index (χ0v) is 19.4. The standard InChI is InChI=1S/C23H25N3O4S2/c1-29-20-10-13-22(30-2)19(16-20)14-15-24-23(31)25-26-32(27,28)21-11-8-18(9-12-21)17-6-4-3-5-7-17/h3-13,16,26H,14-15H2,1-2H3,(H2,24,25,31). The van der Waals surface area contributed by atoms with E-state index in [4.69, 9.17) is 21.7 Å². The molecule has 3 rings (SSSR count). The van der Waals surface area contributed by atoms with Crippen molar-refractivity contribution < 1.29 is 17.9 Å². The van der Waals surface area contributed by atoms with Crippen molar-refractivity contribution in [2.45, 2.75) is 11.3 Å². The topological polar surface area (TPSA) is 88.7 Å². The van der Waals surface area contributed by atoms with E-state index >= 15 is 0 Å². The Labute approximate surface area is 193 Å². The normalized spacial score (nSPS) is 10.9. The van der Waals surface area contributed by atoms with Crippen molar-refractivity contribution in [3.63, 3.8) is 0 Å². The van der Waals surface area contributed by atoms with Gasteiger partial charge in [-0.15, -0.1) is 4.83 Å². The van der Waals surface area contributed by atoms with Crippen molar-refractivity contribution in [2.24, 2.45) is 0 Å². The van der Waals surface area contributed by atoms with E-state index in [1.807, 2.05) is 48.5 Å². The second kappa shape index (κ2) is 10.9. The quantitative estimate of drug-likeness (QED) is 0.326. The summed E-state index contributed by atoms with van der Waals surface area (Å²) in [5.74, 6) is 1.47. The minimum Gasteiger partial charge on any atom is -0.497 e. The van der Waals surface area contributed by atoms with Gasteiger partial charge in [0.25, 0.3) is 10.0 Å². The third-order valence-electron chi connectivity index (χ3n) is 4.74. The van der Waals surface area contributed by atoms with Crippen molar-refractivity contribution in [1.82, 2.24) is 15.6 Å². The third-order valence-corrected chi connectivity index (χ3v) is 6.25. The fourth-order valence-electron chi connectivity index (χ4n) is 3.06. The van der Waals surface area contributed by atoms with E-state index in [1.54, 1.807) is 38.5 Å². The molecule has 0 aliphatic heterocycles. The minimum absolute atomic E-state index is 0.133. The number of methoxy groups -OCH3 is 2. The van der Waals surface area contributed by atoms with Crippen LogP contribution in [-0.4, -0.2) is 34.3 Å². The van der Waals surface area contributed by atoms with Crippen molar-refractivity contribution in [1.29, 1.82) is 0 Å². The molecule has 0 spiro atoms. The van der Waals surface area contributed by atoms with Crippen molar-refractivity contribution >= 4 is 27.4 Å². The molecule has 3 N–H and O–H groups in total. The van der Waals surface area contributed by atoms with Crippen LogP contribution in [0.15, 0.2) is 77.7 Å². The van der Waals surface area contributed by atoms with E-state index in [0.29, 0.717) is 13.0 Å². The molecule has 0 saturated heterocycles. The minimum atomic E-state index is -3.78. The third kappa shape index (κ3) is 6.19. The summed E-state index contributed by atoms with van der Waals surface area (Å²) in [5, 5.41) is 3.13. The van der Waals surface area contributed by atoms with Crippen LogP contribution in [0.4, 0.5) is 0 Å². The van der Waals surface area contributed by atoms with Gasteiger partial charge in [-0.2, -0.15) is 0 Å². The average molecular weight is 472 g/mol. The van der Waals surface area contributed by atoms with E-state index in [1.165, 1.54) is 0 Å². The molecule has 0 aliphatic carbocycles. The van der Waals surface area contributed by atoms with Crippen LogP contribution in [-0.2, 0) is 16.4 Å².